The standard InChI is InChI=1S/C27H23N3O2/c1-20(25-12-7-8-18-28-25)29-30-27(31)23-16-14-21(15-17-23)19-32-26-13-6-5-11-24(26)22-9-3-2-4-10-22/h2-18H,19H2,1H3,(H,30,31). The first-order valence-electron chi connectivity index (χ1n) is 10.3. The highest BCUT2D eigenvalue weighted by atomic mass is 16.5. The molecule has 0 aliphatic rings. The Morgan fingerprint density at radius 3 is 2.34 bits per heavy atom. The zero-order valence-electron chi connectivity index (χ0n) is 17.7. The van der Waals surface area contributed by atoms with E-state index in [-0.39, 0.29) is 5.91 Å². The van der Waals surface area contributed by atoms with Crippen molar-refractivity contribution in [3.63, 3.8) is 0 Å². The number of hydrogen-bond donors (Lipinski definition) is 1. The molecule has 0 aliphatic heterocycles. The predicted molar refractivity (Wildman–Crippen MR) is 127 cm³/mol. The van der Waals surface area contributed by atoms with Gasteiger partial charge in [-0.2, -0.15) is 5.10 Å². The Labute approximate surface area is 187 Å². The van der Waals surface area contributed by atoms with E-state index in [2.05, 4.69) is 27.6 Å². The first kappa shape index (κ1) is 21.0. The summed E-state index contributed by atoms with van der Waals surface area (Å²) < 4.78 is 6.08. The summed E-state index contributed by atoms with van der Waals surface area (Å²) in [7, 11) is 0. The van der Waals surface area contributed by atoms with E-state index in [0.29, 0.717) is 17.9 Å². The number of carbonyl (C=O) groups excluding carboxylic acids is 1. The topological polar surface area (TPSA) is 63.6 Å². The largest absolute Gasteiger partial charge is 0.488 e. The summed E-state index contributed by atoms with van der Waals surface area (Å²) in [5.74, 6) is 0.544. The van der Waals surface area contributed by atoms with Crippen LogP contribution in [-0.4, -0.2) is 16.6 Å². The van der Waals surface area contributed by atoms with Gasteiger partial charge in [0.2, 0.25) is 0 Å². The zero-order valence-corrected chi connectivity index (χ0v) is 17.7. The Hall–Kier alpha value is -4.25. The molecule has 32 heavy (non-hydrogen) atoms. The Morgan fingerprint density at radius 1 is 0.875 bits per heavy atom. The summed E-state index contributed by atoms with van der Waals surface area (Å²) in [6.45, 7) is 2.21. The summed E-state index contributed by atoms with van der Waals surface area (Å²) in [6.07, 6.45) is 1.69. The highest BCUT2D eigenvalue weighted by Crippen LogP contribution is 2.30. The fourth-order valence-corrected chi connectivity index (χ4v) is 3.20. The Balaban J connectivity index is 1.38. The molecule has 0 saturated carbocycles. The van der Waals surface area contributed by atoms with Gasteiger partial charge in [0, 0.05) is 17.3 Å². The fraction of sp³-hybridized carbons (Fsp3) is 0.0741. The van der Waals surface area contributed by atoms with Crippen molar-refractivity contribution in [1.29, 1.82) is 0 Å². The van der Waals surface area contributed by atoms with E-state index in [1.165, 1.54) is 0 Å². The summed E-state index contributed by atoms with van der Waals surface area (Å²) in [4.78, 5) is 16.6. The number of ether oxygens (including phenoxy) is 1. The molecule has 0 atom stereocenters. The second kappa shape index (κ2) is 10.2. The number of amides is 1. The predicted octanol–water partition coefficient (Wildman–Crippen LogP) is 5.48. The highest BCUT2D eigenvalue weighted by molar-refractivity contribution is 5.99. The highest BCUT2D eigenvalue weighted by Gasteiger charge is 2.08. The van der Waals surface area contributed by atoms with Gasteiger partial charge in [-0.3, -0.25) is 9.78 Å². The van der Waals surface area contributed by atoms with E-state index in [1.54, 1.807) is 25.3 Å². The molecule has 1 heterocycles. The van der Waals surface area contributed by atoms with Gasteiger partial charge in [0.25, 0.3) is 5.91 Å². The summed E-state index contributed by atoms with van der Waals surface area (Å²) in [5.41, 5.74) is 7.58. The van der Waals surface area contributed by atoms with Crippen molar-refractivity contribution in [2.45, 2.75) is 13.5 Å². The molecule has 1 N–H and O–H groups in total. The van der Waals surface area contributed by atoms with Crippen molar-refractivity contribution >= 4 is 11.6 Å². The van der Waals surface area contributed by atoms with Gasteiger partial charge in [0.15, 0.2) is 0 Å². The van der Waals surface area contributed by atoms with Crippen molar-refractivity contribution in [2.75, 3.05) is 0 Å². The summed E-state index contributed by atoms with van der Waals surface area (Å²) in [5, 5.41) is 4.14. The number of para-hydroxylation sites is 1. The third-order valence-electron chi connectivity index (χ3n) is 4.94. The van der Waals surface area contributed by atoms with Gasteiger partial charge in [0.1, 0.15) is 12.4 Å². The number of carbonyl (C=O) groups is 1. The maximum atomic E-state index is 12.4. The van der Waals surface area contributed by atoms with Gasteiger partial charge < -0.3 is 4.74 Å². The van der Waals surface area contributed by atoms with Gasteiger partial charge in [-0.05, 0) is 48.4 Å². The van der Waals surface area contributed by atoms with Crippen LogP contribution in [0.2, 0.25) is 0 Å². The molecule has 5 nitrogen and oxygen atoms in total. The van der Waals surface area contributed by atoms with Crippen LogP contribution in [0.4, 0.5) is 0 Å². The number of pyridine rings is 1. The SMILES string of the molecule is CC(=NNC(=O)c1ccc(COc2ccccc2-c2ccccc2)cc1)c1ccccn1. The molecule has 1 amide bonds. The third-order valence-corrected chi connectivity index (χ3v) is 4.94. The van der Waals surface area contributed by atoms with Crippen LogP contribution in [0.1, 0.15) is 28.5 Å². The molecule has 4 aromatic rings. The number of benzene rings is 3. The average molecular weight is 422 g/mol. The second-order valence-corrected chi connectivity index (χ2v) is 7.20. The van der Waals surface area contributed by atoms with Crippen molar-refractivity contribution in [2.24, 2.45) is 5.10 Å². The van der Waals surface area contributed by atoms with Gasteiger partial charge in [-0.25, -0.2) is 5.43 Å². The van der Waals surface area contributed by atoms with E-state index in [9.17, 15) is 4.79 Å². The molecule has 0 unspecified atom stereocenters. The maximum absolute atomic E-state index is 12.4. The van der Waals surface area contributed by atoms with Gasteiger partial charge in [-0.1, -0.05) is 66.7 Å². The molecule has 0 fully saturated rings. The van der Waals surface area contributed by atoms with Crippen LogP contribution in [0.15, 0.2) is 108 Å². The van der Waals surface area contributed by atoms with Crippen LogP contribution >= 0.6 is 0 Å². The molecule has 1 aromatic heterocycles. The van der Waals surface area contributed by atoms with Crippen LogP contribution in [0.25, 0.3) is 11.1 Å². The zero-order chi connectivity index (χ0) is 22.2. The molecular weight excluding hydrogens is 398 g/mol. The molecule has 0 aliphatic carbocycles. The normalized spacial score (nSPS) is 11.1. The smallest absolute Gasteiger partial charge is 0.271 e. The fourth-order valence-electron chi connectivity index (χ4n) is 3.20. The molecule has 3 aromatic carbocycles. The Kier molecular flexibility index (Phi) is 6.68. The molecular formula is C27H23N3O2. The number of hydrogen-bond acceptors (Lipinski definition) is 4. The average Bonchev–Trinajstić information content (AvgIpc) is 2.87. The minimum absolute atomic E-state index is 0.276. The number of nitrogens with one attached hydrogen (secondary N) is 1. The number of hydrazone groups is 1. The van der Waals surface area contributed by atoms with E-state index in [4.69, 9.17) is 4.74 Å². The van der Waals surface area contributed by atoms with E-state index in [0.717, 1.165) is 28.1 Å². The van der Waals surface area contributed by atoms with Crippen molar-refractivity contribution in [3.05, 3.63) is 120 Å². The van der Waals surface area contributed by atoms with Crippen molar-refractivity contribution in [3.8, 4) is 16.9 Å². The molecule has 0 saturated heterocycles. The van der Waals surface area contributed by atoms with Crippen LogP contribution in [0.5, 0.6) is 5.75 Å². The van der Waals surface area contributed by atoms with E-state index >= 15 is 0 Å². The van der Waals surface area contributed by atoms with Crippen LogP contribution in [0.3, 0.4) is 0 Å². The minimum Gasteiger partial charge on any atom is -0.488 e. The van der Waals surface area contributed by atoms with E-state index in [1.807, 2.05) is 72.8 Å². The lowest BCUT2D eigenvalue weighted by molar-refractivity contribution is 0.0955. The molecule has 4 rings (SSSR count). The number of rotatable bonds is 7. The lowest BCUT2D eigenvalue weighted by Crippen LogP contribution is -2.19. The first-order valence-corrected chi connectivity index (χ1v) is 10.3. The number of aromatic nitrogens is 1. The maximum Gasteiger partial charge on any atom is 0.271 e. The van der Waals surface area contributed by atoms with Gasteiger partial charge in [0.05, 0.1) is 11.4 Å². The van der Waals surface area contributed by atoms with Crippen molar-refractivity contribution < 1.29 is 9.53 Å². The van der Waals surface area contributed by atoms with Gasteiger partial charge >= 0.3 is 0 Å². The molecule has 0 bridgehead atoms. The van der Waals surface area contributed by atoms with Crippen LogP contribution in [0, 0.1) is 0 Å². The first-order chi connectivity index (χ1) is 15.7. The lowest BCUT2D eigenvalue weighted by atomic mass is 10.0. The lowest BCUT2D eigenvalue weighted by Gasteiger charge is -2.12. The van der Waals surface area contributed by atoms with Crippen molar-refractivity contribution in [1.82, 2.24) is 10.4 Å². The molecule has 5 heteroatoms. The van der Waals surface area contributed by atoms with Crippen LogP contribution in [-0.2, 0) is 6.61 Å². The van der Waals surface area contributed by atoms with E-state index < -0.39 is 0 Å². The number of nitrogens with zero attached hydrogens (tertiary/aromatic N) is 2. The minimum atomic E-state index is -0.276. The summed E-state index contributed by atoms with van der Waals surface area (Å²) in [6, 6.07) is 31.0. The molecule has 0 spiro atoms. The quantitative estimate of drug-likeness (QED) is 0.317. The van der Waals surface area contributed by atoms with Crippen LogP contribution < -0.4 is 10.2 Å². The Morgan fingerprint density at radius 2 is 1.59 bits per heavy atom. The molecule has 0 radical (unpaired) electrons. The second-order valence-electron chi connectivity index (χ2n) is 7.20. The molecule has 158 valence electrons. The third kappa shape index (κ3) is 5.26. The van der Waals surface area contributed by atoms with Gasteiger partial charge in [-0.15, -0.1) is 0 Å². The monoisotopic (exact) mass is 421 g/mol. The summed E-state index contributed by atoms with van der Waals surface area (Å²) >= 11 is 0. The Bertz CT molecular complexity index is 1200.